The van der Waals surface area contributed by atoms with Crippen LogP contribution in [0.3, 0.4) is 0 Å². The SMILES string of the molecule is CCC(NC)C(=O)N(C)c1cccc(C)c1. The molecule has 0 aliphatic rings. The number of carbonyl (C=O) groups excluding carboxylic acids is 1. The summed E-state index contributed by atoms with van der Waals surface area (Å²) in [7, 11) is 3.63. The molecule has 1 N–H and O–H groups in total. The summed E-state index contributed by atoms with van der Waals surface area (Å²) < 4.78 is 0. The Bertz CT molecular complexity index is 359. The molecule has 3 heteroatoms. The molecule has 0 spiro atoms. The predicted molar refractivity (Wildman–Crippen MR) is 67.7 cm³/mol. The fourth-order valence-corrected chi connectivity index (χ4v) is 1.70. The number of hydrogen-bond donors (Lipinski definition) is 1. The summed E-state index contributed by atoms with van der Waals surface area (Å²) in [6, 6.07) is 7.85. The fraction of sp³-hybridized carbons (Fsp3) is 0.462. The van der Waals surface area contributed by atoms with Gasteiger partial charge in [-0.1, -0.05) is 19.1 Å². The zero-order valence-corrected chi connectivity index (χ0v) is 10.4. The molecule has 0 radical (unpaired) electrons. The molecule has 0 aliphatic heterocycles. The lowest BCUT2D eigenvalue weighted by molar-refractivity contribution is -0.120. The summed E-state index contributed by atoms with van der Waals surface area (Å²) >= 11 is 0. The van der Waals surface area contributed by atoms with Crippen LogP contribution in [0.5, 0.6) is 0 Å². The largest absolute Gasteiger partial charge is 0.314 e. The van der Waals surface area contributed by atoms with Crippen molar-refractivity contribution in [3.63, 3.8) is 0 Å². The normalized spacial score (nSPS) is 12.2. The summed E-state index contributed by atoms with van der Waals surface area (Å²) in [6.45, 7) is 4.03. The molecule has 3 nitrogen and oxygen atoms in total. The molecule has 88 valence electrons. The Morgan fingerprint density at radius 3 is 2.69 bits per heavy atom. The van der Waals surface area contributed by atoms with Gasteiger partial charge >= 0.3 is 0 Å². The van der Waals surface area contributed by atoms with Crippen molar-refractivity contribution in [3.05, 3.63) is 29.8 Å². The second-order valence-electron chi connectivity index (χ2n) is 3.99. The molecule has 0 heterocycles. The Morgan fingerprint density at radius 2 is 2.19 bits per heavy atom. The molecule has 0 saturated heterocycles. The number of rotatable bonds is 4. The first-order valence-corrected chi connectivity index (χ1v) is 5.61. The first-order valence-electron chi connectivity index (χ1n) is 5.61. The van der Waals surface area contributed by atoms with Gasteiger partial charge in [-0.2, -0.15) is 0 Å². The first kappa shape index (κ1) is 12.7. The topological polar surface area (TPSA) is 32.3 Å². The van der Waals surface area contributed by atoms with Gasteiger partial charge in [-0.25, -0.2) is 0 Å². The second kappa shape index (κ2) is 5.66. The van der Waals surface area contributed by atoms with Gasteiger partial charge in [0.1, 0.15) is 0 Å². The molecule has 0 bridgehead atoms. The summed E-state index contributed by atoms with van der Waals surface area (Å²) in [4.78, 5) is 13.8. The van der Waals surface area contributed by atoms with E-state index >= 15 is 0 Å². The molecule has 0 aromatic heterocycles. The smallest absolute Gasteiger partial charge is 0.243 e. The van der Waals surface area contributed by atoms with E-state index in [2.05, 4.69) is 5.32 Å². The van der Waals surface area contributed by atoms with Gasteiger partial charge in [0.15, 0.2) is 0 Å². The van der Waals surface area contributed by atoms with Crippen molar-refractivity contribution in [3.8, 4) is 0 Å². The van der Waals surface area contributed by atoms with Crippen molar-refractivity contribution in [2.75, 3.05) is 19.0 Å². The van der Waals surface area contributed by atoms with Crippen molar-refractivity contribution in [1.29, 1.82) is 0 Å². The lowest BCUT2D eigenvalue weighted by Gasteiger charge is -2.23. The number of nitrogens with one attached hydrogen (secondary N) is 1. The van der Waals surface area contributed by atoms with Gasteiger partial charge in [0.05, 0.1) is 6.04 Å². The maximum Gasteiger partial charge on any atom is 0.243 e. The maximum atomic E-state index is 12.1. The van der Waals surface area contributed by atoms with Gasteiger partial charge in [-0.3, -0.25) is 4.79 Å². The number of hydrogen-bond acceptors (Lipinski definition) is 2. The molecule has 1 rings (SSSR count). The summed E-state index contributed by atoms with van der Waals surface area (Å²) in [5.74, 6) is 0.107. The van der Waals surface area contributed by atoms with Crippen molar-refractivity contribution < 1.29 is 4.79 Å². The van der Waals surface area contributed by atoms with Crippen molar-refractivity contribution in [1.82, 2.24) is 5.32 Å². The van der Waals surface area contributed by atoms with Crippen LogP contribution in [0.2, 0.25) is 0 Å². The highest BCUT2D eigenvalue weighted by Gasteiger charge is 2.19. The standard InChI is InChI=1S/C13H20N2O/c1-5-12(14-3)13(16)15(4)11-8-6-7-10(2)9-11/h6-9,12,14H,5H2,1-4H3. The molecule has 1 amide bonds. The van der Waals surface area contributed by atoms with Crippen LogP contribution < -0.4 is 10.2 Å². The Hall–Kier alpha value is -1.35. The van der Waals surface area contributed by atoms with Gasteiger partial charge in [0.25, 0.3) is 0 Å². The van der Waals surface area contributed by atoms with Crippen molar-refractivity contribution >= 4 is 11.6 Å². The molecule has 16 heavy (non-hydrogen) atoms. The highest BCUT2D eigenvalue weighted by Crippen LogP contribution is 2.15. The van der Waals surface area contributed by atoms with Gasteiger partial charge < -0.3 is 10.2 Å². The minimum absolute atomic E-state index is 0.106. The number of carbonyl (C=O) groups is 1. The number of amides is 1. The number of aryl methyl sites for hydroxylation is 1. The van der Waals surface area contributed by atoms with Crippen molar-refractivity contribution in [2.24, 2.45) is 0 Å². The minimum Gasteiger partial charge on any atom is -0.314 e. The third-order valence-corrected chi connectivity index (χ3v) is 2.77. The number of anilines is 1. The molecule has 1 aromatic rings. The molecule has 0 saturated carbocycles. The summed E-state index contributed by atoms with van der Waals surface area (Å²) in [6.07, 6.45) is 0.797. The van der Waals surface area contributed by atoms with Crippen LogP contribution in [0.25, 0.3) is 0 Å². The average molecular weight is 220 g/mol. The highest BCUT2D eigenvalue weighted by molar-refractivity contribution is 5.96. The third kappa shape index (κ3) is 2.83. The molecular formula is C13H20N2O. The maximum absolute atomic E-state index is 12.1. The quantitative estimate of drug-likeness (QED) is 0.841. The van der Waals surface area contributed by atoms with Crippen LogP contribution in [-0.2, 0) is 4.79 Å². The highest BCUT2D eigenvalue weighted by atomic mass is 16.2. The zero-order valence-electron chi connectivity index (χ0n) is 10.4. The number of nitrogens with zero attached hydrogens (tertiary/aromatic N) is 1. The Kier molecular flexibility index (Phi) is 4.50. The van der Waals surface area contributed by atoms with Gasteiger partial charge in [-0.15, -0.1) is 0 Å². The van der Waals surface area contributed by atoms with Crippen LogP contribution >= 0.6 is 0 Å². The van der Waals surface area contributed by atoms with Gasteiger partial charge in [-0.05, 0) is 38.1 Å². The third-order valence-electron chi connectivity index (χ3n) is 2.77. The minimum atomic E-state index is -0.106. The van der Waals surface area contributed by atoms with E-state index in [4.69, 9.17) is 0 Å². The van der Waals surface area contributed by atoms with Crippen LogP contribution in [0, 0.1) is 6.92 Å². The van der Waals surface area contributed by atoms with Crippen LogP contribution in [-0.4, -0.2) is 26.0 Å². The average Bonchev–Trinajstić information content (AvgIpc) is 2.29. The molecular weight excluding hydrogens is 200 g/mol. The fourth-order valence-electron chi connectivity index (χ4n) is 1.70. The van der Waals surface area contributed by atoms with Crippen LogP contribution in [0.15, 0.2) is 24.3 Å². The Morgan fingerprint density at radius 1 is 1.50 bits per heavy atom. The molecule has 1 atom stereocenters. The van der Waals surface area contributed by atoms with E-state index in [0.717, 1.165) is 17.7 Å². The van der Waals surface area contributed by atoms with Crippen LogP contribution in [0.1, 0.15) is 18.9 Å². The molecule has 1 unspecified atom stereocenters. The van der Waals surface area contributed by atoms with Gasteiger partial charge in [0.2, 0.25) is 5.91 Å². The second-order valence-corrected chi connectivity index (χ2v) is 3.99. The number of benzene rings is 1. The molecule has 0 fully saturated rings. The predicted octanol–water partition coefficient (Wildman–Crippen LogP) is 1.96. The van der Waals surface area contributed by atoms with Gasteiger partial charge in [0, 0.05) is 12.7 Å². The van der Waals surface area contributed by atoms with E-state index in [1.54, 1.807) is 4.90 Å². The van der Waals surface area contributed by atoms with E-state index in [0.29, 0.717) is 0 Å². The summed E-state index contributed by atoms with van der Waals surface area (Å²) in [5, 5.41) is 3.03. The van der Waals surface area contributed by atoms with Crippen molar-refractivity contribution in [2.45, 2.75) is 26.3 Å². The summed E-state index contributed by atoms with van der Waals surface area (Å²) in [5.41, 5.74) is 2.10. The van der Waals surface area contributed by atoms with E-state index < -0.39 is 0 Å². The first-order chi connectivity index (χ1) is 7.60. The van der Waals surface area contributed by atoms with E-state index in [9.17, 15) is 4.79 Å². The van der Waals surface area contributed by atoms with E-state index in [-0.39, 0.29) is 11.9 Å². The van der Waals surface area contributed by atoms with E-state index in [1.165, 1.54) is 0 Å². The molecule has 0 aliphatic carbocycles. The lowest BCUT2D eigenvalue weighted by atomic mass is 10.1. The lowest BCUT2D eigenvalue weighted by Crippen LogP contribution is -2.43. The monoisotopic (exact) mass is 220 g/mol. The van der Waals surface area contributed by atoms with Crippen LogP contribution in [0.4, 0.5) is 5.69 Å². The van der Waals surface area contributed by atoms with E-state index in [1.807, 2.05) is 52.2 Å². The Balaban J connectivity index is 2.85. The molecule has 1 aromatic carbocycles. The number of likely N-dealkylation sites (N-methyl/N-ethyl adjacent to an activating group) is 2. The Labute approximate surface area is 97.5 Å². The zero-order chi connectivity index (χ0) is 12.1.